The van der Waals surface area contributed by atoms with E-state index in [1.54, 1.807) is 20.1 Å². The van der Waals surface area contributed by atoms with E-state index in [0.717, 1.165) is 11.1 Å². The lowest BCUT2D eigenvalue weighted by Gasteiger charge is -2.16. The lowest BCUT2D eigenvalue weighted by molar-refractivity contribution is -0.147. The Balaban J connectivity index is 2.44. The maximum atomic E-state index is 11.9. The van der Waals surface area contributed by atoms with Gasteiger partial charge in [0.15, 0.2) is 0 Å². The number of rotatable bonds is 8. The highest BCUT2D eigenvalue weighted by Gasteiger charge is 2.20. The molecule has 1 amide bonds. The number of nitrogens with two attached hydrogens (primary N) is 2. The van der Waals surface area contributed by atoms with E-state index in [4.69, 9.17) is 16.3 Å². The monoisotopic (exact) mass is 320 g/mol. The van der Waals surface area contributed by atoms with Gasteiger partial charge in [0, 0.05) is 0 Å². The molecule has 0 spiro atoms. The van der Waals surface area contributed by atoms with Crippen molar-refractivity contribution in [3.63, 3.8) is 0 Å². The van der Waals surface area contributed by atoms with Crippen molar-refractivity contribution in [3.8, 4) is 0 Å². The van der Waals surface area contributed by atoms with E-state index < -0.39 is 18.1 Å². The minimum Gasteiger partial charge on any atom is -0.464 e. The number of amides is 1. The summed E-state index contributed by atoms with van der Waals surface area (Å²) in [6.45, 7) is 3.55. The predicted molar refractivity (Wildman–Crippen MR) is 88.8 cm³/mol. The van der Waals surface area contributed by atoms with E-state index in [1.165, 1.54) is 0 Å². The van der Waals surface area contributed by atoms with Crippen LogP contribution in [0.15, 0.2) is 29.4 Å². The zero-order valence-electron chi connectivity index (χ0n) is 13.5. The number of carbonyl (C=O) groups is 2. The van der Waals surface area contributed by atoms with Crippen LogP contribution in [0.3, 0.4) is 0 Å². The van der Waals surface area contributed by atoms with Gasteiger partial charge in [-0.25, -0.2) is 4.79 Å². The van der Waals surface area contributed by atoms with Crippen molar-refractivity contribution in [1.29, 1.82) is 0 Å². The average Bonchev–Trinajstić information content (AvgIpc) is 2.54. The van der Waals surface area contributed by atoms with Crippen molar-refractivity contribution >= 4 is 18.1 Å². The van der Waals surface area contributed by atoms with Crippen molar-refractivity contribution < 1.29 is 14.3 Å². The third-order valence-corrected chi connectivity index (χ3v) is 3.28. The van der Waals surface area contributed by atoms with Crippen LogP contribution < -0.4 is 16.9 Å². The maximum absolute atomic E-state index is 11.9. The van der Waals surface area contributed by atoms with Crippen LogP contribution in [0.1, 0.15) is 31.4 Å². The summed E-state index contributed by atoms with van der Waals surface area (Å²) < 4.78 is 4.83. The Bertz CT molecular complexity index is 543. The molecular formula is C16H24N4O3. The smallest absolute Gasteiger partial charge is 0.328 e. The van der Waals surface area contributed by atoms with E-state index in [-0.39, 0.29) is 12.5 Å². The van der Waals surface area contributed by atoms with Crippen molar-refractivity contribution in [3.05, 3.63) is 35.4 Å². The van der Waals surface area contributed by atoms with Crippen LogP contribution in [0.5, 0.6) is 0 Å². The van der Waals surface area contributed by atoms with Gasteiger partial charge in [-0.15, -0.1) is 0 Å². The number of ether oxygens (including phenoxy) is 1. The Hall–Kier alpha value is -2.41. The van der Waals surface area contributed by atoms with E-state index >= 15 is 0 Å². The Morgan fingerprint density at radius 2 is 2.00 bits per heavy atom. The zero-order valence-corrected chi connectivity index (χ0v) is 13.5. The Morgan fingerprint density at radius 1 is 1.35 bits per heavy atom. The topological polar surface area (TPSA) is 120 Å². The van der Waals surface area contributed by atoms with Gasteiger partial charge in [-0.3, -0.25) is 4.79 Å². The van der Waals surface area contributed by atoms with E-state index in [1.807, 2.05) is 24.3 Å². The molecule has 126 valence electrons. The summed E-state index contributed by atoms with van der Waals surface area (Å²) in [5.74, 6) is 4.25. The molecule has 0 fully saturated rings. The molecule has 0 aliphatic heterocycles. The van der Waals surface area contributed by atoms with Crippen LogP contribution in [0, 0.1) is 0 Å². The van der Waals surface area contributed by atoms with Crippen molar-refractivity contribution in [2.75, 3.05) is 6.61 Å². The number of aryl methyl sites for hydroxylation is 1. The number of nitrogens with one attached hydrogen (secondary N) is 1. The second kappa shape index (κ2) is 9.58. The Labute approximate surface area is 136 Å². The number of hydrogen-bond donors (Lipinski definition) is 3. The minimum absolute atomic E-state index is 0.274. The van der Waals surface area contributed by atoms with Crippen molar-refractivity contribution in [1.82, 2.24) is 5.32 Å². The Morgan fingerprint density at radius 3 is 2.57 bits per heavy atom. The molecule has 7 heteroatoms. The number of hydrazone groups is 1. The second-order valence-electron chi connectivity index (χ2n) is 5.15. The van der Waals surface area contributed by atoms with Gasteiger partial charge in [0.2, 0.25) is 5.91 Å². The molecule has 0 aromatic heterocycles. The molecule has 7 nitrogen and oxygen atoms in total. The fourth-order valence-electron chi connectivity index (χ4n) is 1.96. The molecule has 1 aromatic carbocycles. The lowest BCUT2D eigenvalue weighted by Crippen LogP contribution is -2.47. The van der Waals surface area contributed by atoms with Gasteiger partial charge in [-0.2, -0.15) is 5.10 Å². The van der Waals surface area contributed by atoms with E-state index in [9.17, 15) is 9.59 Å². The molecule has 1 rings (SSSR count). The first-order valence-electron chi connectivity index (χ1n) is 7.52. The van der Waals surface area contributed by atoms with Crippen LogP contribution >= 0.6 is 0 Å². The van der Waals surface area contributed by atoms with Gasteiger partial charge in [-0.1, -0.05) is 24.3 Å². The highest BCUT2D eigenvalue weighted by molar-refractivity contribution is 5.87. The summed E-state index contributed by atoms with van der Waals surface area (Å²) >= 11 is 0. The van der Waals surface area contributed by atoms with Crippen LogP contribution in [-0.2, 0) is 20.7 Å². The summed E-state index contributed by atoms with van der Waals surface area (Å²) in [5.41, 5.74) is 7.82. The summed E-state index contributed by atoms with van der Waals surface area (Å²) in [6, 6.07) is 6.26. The molecule has 0 bridgehead atoms. The summed E-state index contributed by atoms with van der Waals surface area (Å²) in [7, 11) is 0. The normalized spacial score (nSPS) is 13.5. The first-order valence-corrected chi connectivity index (χ1v) is 7.52. The average molecular weight is 320 g/mol. The number of esters is 1. The fourth-order valence-corrected chi connectivity index (χ4v) is 1.96. The first-order chi connectivity index (χ1) is 11.0. The van der Waals surface area contributed by atoms with E-state index in [2.05, 4.69) is 10.4 Å². The molecular weight excluding hydrogens is 296 g/mol. The molecule has 1 aromatic rings. The minimum atomic E-state index is -0.705. The largest absolute Gasteiger partial charge is 0.464 e. The molecule has 23 heavy (non-hydrogen) atoms. The van der Waals surface area contributed by atoms with Gasteiger partial charge in [-0.05, 0) is 37.8 Å². The summed E-state index contributed by atoms with van der Waals surface area (Å²) in [4.78, 5) is 23.4. The first kappa shape index (κ1) is 18.6. The molecule has 0 radical (unpaired) electrons. The zero-order chi connectivity index (χ0) is 17.2. The van der Waals surface area contributed by atoms with Crippen LogP contribution in [0.4, 0.5) is 0 Å². The van der Waals surface area contributed by atoms with Crippen LogP contribution in [0.2, 0.25) is 0 Å². The highest BCUT2D eigenvalue weighted by Crippen LogP contribution is 2.07. The van der Waals surface area contributed by atoms with Gasteiger partial charge in [0.25, 0.3) is 0 Å². The van der Waals surface area contributed by atoms with Crippen molar-refractivity contribution in [2.24, 2.45) is 16.7 Å². The molecule has 2 atom stereocenters. The number of nitrogens with zero attached hydrogens (tertiary/aromatic N) is 1. The summed E-state index contributed by atoms with van der Waals surface area (Å²) in [5, 5.41) is 6.01. The lowest BCUT2D eigenvalue weighted by atomic mass is 10.0. The van der Waals surface area contributed by atoms with Crippen molar-refractivity contribution in [2.45, 2.75) is 38.8 Å². The number of hydrogen-bond acceptors (Lipinski definition) is 6. The number of carbonyl (C=O) groups excluding carboxylic acids is 2. The molecule has 2 unspecified atom stereocenters. The number of benzene rings is 1. The van der Waals surface area contributed by atoms with E-state index in [0.29, 0.717) is 12.8 Å². The SMILES string of the molecule is CCOC(=O)C(C)NC(=O)C(N)CCc1ccc(C=NN)cc1. The standard InChI is InChI=1S/C16H24N4O3/c1-3-23-16(22)11(2)20-15(21)14(17)9-8-12-4-6-13(7-5-12)10-19-18/h4-7,10-11,14H,3,8-9,17-18H2,1-2H3,(H,20,21). The maximum Gasteiger partial charge on any atom is 0.328 e. The fraction of sp³-hybridized carbons (Fsp3) is 0.438. The van der Waals surface area contributed by atoms with Crippen LogP contribution in [-0.4, -0.2) is 36.8 Å². The highest BCUT2D eigenvalue weighted by atomic mass is 16.5. The van der Waals surface area contributed by atoms with Crippen LogP contribution in [0.25, 0.3) is 0 Å². The summed E-state index contributed by atoms with van der Waals surface area (Å²) in [6.07, 6.45) is 2.69. The quantitative estimate of drug-likeness (QED) is 0.275. The molecule has 0 aliphatic carbocycles. The molecule has 0 saturated carbocycles. The Kier molecular flexibility index (Phi) is 7.76. The second-order valence-corrected chi connectivity index (χ2v) is 5.15. The van der Waals surface area contributed by atoms with Gasteiger partial charge < -0.3 is 21.6 Å². The third kappa shape index (κ3) is 6.48. The molecule has 0 heterocycles. The van der Waals surface area contributed by atoms with Gasteiger partial charge in [0.1, 0.15) is 6.04 Å². The molecule has 5 N–H and O–H groups in total. The molecule has 0 aliphatic rings. The van der Waals surface area contributed by atoms with Gasteiger partial charge >= 0.3 is 5.97 Å². The molecule has 0 saturated heterocycles. The third-order valence-electron chi connectivity index (χ3n) is 3.28. The predicted octanol–water partition coefficient (Wildman–Crippen LogP) is 0.307. The van der Waals surface area contributed by atoms with Gasteiger partial charge in [0.05, 0.1) is 18.9 Å².